The Bertz CT molecular complexity index is 1750. The second-order valence-corrected chi connectivity index (χ2v) is 9.76. The van der Waals surface area contributed by atoms with Gasteiger partial charge in [-0.2, -0.15) is 5.26 Å². The number of nitriles is 1. The summed E-state index contributed by atoms with van der Waals surface area (Å²) in [5.74, 6) is 4.39. The van der Waals surface area contributed by atoms with E-state index in [1.165, 1.54) is 23.5 Å². The summed E-state index contributed by atoms with van der Waals surface area (Å²) in [6.07, 6.45) is 1.02. The zero-order valence-electron chi connectivity index (χ0n) is 21.1. The van der Waals surface area contributed by atoms with Gasteiger partial charge in [-0.3, -0.25) is 0 Å². The summed E-state index contributed by atoms with van der Waals surface area (Å²) >= 11 is 1.44. The van der Waals surface area contributed by atoms with Crippen molar-refractivity contribution in [1.82, 2.24) is 0 Å². The second kappa shape index (κ2) is 12.0. The summed E-state index contributed by atoms with van der Waals surface area (Å²) in [7, 11) is 0. The predicted octanol–water partition coefficient (Wildman–Crippen LogP) is 8.42. The van der Waals surface area contributed by atoms with Crippen molar-refractivity contribution in [2.75, 3.05) is 4.90 Å². The van der Waals surface area contributed by atoms with Gasteiger partial charge in [0, 0.05) is 33.1 Å². The van der Waals surface area contributed by atoms with Gasteiger partial charge in [0.15, 0.2) is 0 Å². The Labute approximate surface area is 235 Å². The number of thiophene rings is 1. The molecule has 0 fully saturated rings. The topological polar surface area (TPSA) is 64.3 Å². The highest BCUT2D eigenvalue weighted by Gasteiger charge is 2.12. The lowest BCUT2D eigenvalue weighted by Crippen LogP contribution is -2.09. The normalized spacial score (nSPS) is 10.8. The molecule has 4 nitrogen and oxygen atoms in total. The number of carbonyl (C=O) groups is 1. The van der Waals surface area contributed by atoms with Crippen molar-refractivity contribution < 1.29 is 14.3 Å². The SMILES string of the molecule is N#C/C(=C/c1ccc(-c2ccc(C#Cc3ccc(N(c4ccccc4)c4ccccc4)cc3)s2)cc1F)C(=O)O. The number of para-hydroxylation sites is 2. The standard InChI is InChI=1S/C34H21FN2O2S/c35-32-22-26(15-14-25(32)21-27(23-36)34(38)39)33-20-19-31(40-33)18-13-24-11-16-30(17-12-24)37(28-7-3-1-4-8-28)29-9-5-2-6-10-29/h1-12,14-17,19-22H,(H,38,39)/b27-21-. The largest absolute Gasteiger partial charge is 0.477 e. The molecule has 0 unspecified atom stereocenters. The molecular formula is C34H21FN2O2S. The van der Waals surface area contributed by atoms with Crippen LogP contribution in [0.4, 0.5) is 21.5 Å². The minimum Gasteiger partial charge on any atom is -0.477 e. The molecule has 0 saturated heterocycles. The highest BCUT2D eigenvalue weighted by atomic mass is 32.1. The Morgan fingerprint density at radius 2 is 1.43 bits per heavy atom. The average molecular weight is 541 g/mol. The second-order valence-electron chi connectivity index (χ2n) is 8.68. The maximum Gasteiger partial charge on any atom is 0.346 e. The van der Waals surface area contributed by atoms with Gasteiger partial charge in [-0.05, 0) is 78.4 Å². The molecule has 1 aromatic heterocycles. The van der Waals surface area contributed by atoms with Gasteiger partial charge in [-0.1, -0.05) is 60.4 Å². The van der Waals surface area contributed by atoms with Gasteiger partial charge in [-0.15, -0.1) is 11.3 Å². The fourth-order valence-electron chi connectivity index (χ4n) is 4.08. The van der Waals surface area contributed by atoms with Gasteiger partial charge in [-0.25, -0.2) is 9.18 Å². The summed E-state index contributed by atoms with van der Waals surface area (Å²) in [6.45, 7) is 0. The molecule has 0 aliphatic rings. The van der Waals surface area contributed by atoms with Crippen molar-refractivity contribution >= 4 is 40.4 Å². The first-order chi connectivity index (χ1) is 19.5. The number of benzene rings is 4. The Morgan fingerprint density at radius 3 is 2.00 bits per heavy atom. The van der Waals surface area contributed by atoms with Gasteiger partial charge >= 0.3 is 5.97 Å². The monoisotopic (exact) mass is 540 g/mol. The zero-order valence-corrected chi connectivity index (χ0v) is 21.9. The highest BCUT2D eigenvalue weighted by molar-refractivity contribution is 7.16. The van der Waals surface area contributed by atoms with Crippen molar-refractivity contribution in [2.24, 2.45) is 0 Å². The molecule has 1 heterocycles. The maximum atomic E-state index is 14.6. The number of hydrogen-bond donors (Lipinski definition) is 1. The van der Waals surface area contributed by atoms with Gasteiger partial charge in [0.05, 0.1) is 4.88 Å². The van der Waals surface area contributed by atoms with E-state index in [0.29, 0.717) is 5.56 Å². The Kier molecular flexibility index (Phi) is 7.83. The molecule has 0 aliphatic heterocycles. The van der Waals surface area contributed by atoms with Crippen molar-refractivity contribution in [3.8, 4) is 28.4 Å². The van der Waals surface area contributed by atoms with Gasteiger partial charge in [0.2, 0.25) is 0 Å². The van der Waals surface area contributed by atoms with Crippen LogP contribution in [0.15, 0.2) is 121 Å². The van der Waals surface area contributed by atoms with Crippen LogP contribution in [0.25, 0.3) is 16.5 Å². The minimum atomic E-state index is -1.40. The molecule has 4 aromatic carbocycles. The molecule has 0 radical (unpaired) electrons. The van der Waals surface area contributed by atoms with Gasteiger partial charge < -0.3 is 10.0 Å². The molecule has 0 amide bonds. The third kappa shape index (κ3) is 6.00. The first kappa shape index (κ1) is 26.2. The molecule has 0 saturated carbocycles. The number of halogens is 1. The van der Waals surface area contributed by atoms with Gasteiger partial charge in [0.25, 0.3) is 0 Å². The van der Waals surface area contributed by atoms with Crippen molar-refractivity contribution in [3.05, 3.63) is 143 Å². The molecule has 0 spiro atoms. The van der Waals surface area contributed by atoms with Crippen LogP contribution in [-0.4, -0.2) is 11.1 Å². The fraction of sp³-hybridized carbons (Fsp3) is 0. The maximum absolute atomic E-state index is 14.6. The Hall–Kier alpha value is -5.43. The van der Waals surface area contributed by atoms with Crippen molar-refractivity contribution in [1.29, 1.82) is 5.26 Å². The van der Waals surface area contributed by atoms with E-state index in [4.69, 9.17) is 10.4 Å². The lowest BCUT2D eigenvalue weighted by Gasteiger charge is -2.25. The molecule has 1 N–H and O–H groups in total. The summed E-state index contributed by atoms with van der Waals surface area (Å²) in [4.78, 5) is 14.9. The van der Waals surface area contributed by atoms with E-state index < -0.39 is 17.4 Å². The fourth-order valence-corrected chi connectivity index (χ4v) is 4.94. The van der Waals surface area contributed by atoms with Crippen LogP contribution >= 0.6 is 11.3 Å². The van der Waals surface area contributed by atoms with Crippen LogP contribution in [0.1, 0.15) is 16.0 Å². The van der Waals surface area contributed by atoms with E-state index in [0.717, 1.165) is 38.5 Å². The van der Waals surface area contributed by atoms with E-state index in [1.54, 1.807) is 12.1 Å². The van der Waals surface area contributed by atoms with E-state index in [9.17, 15) is 9.18 Å². The molecular weight excluding hydrogens is 519 g/mol. The number of carboxylic acids is 1. The molecule has 5 rings (SSSR count). The van der Waals surface area contributed by atoms with Crippen molar-refractivity contribution in [2.45, 2.75) is 0 Å². The molecule has 5 aromatic rings. The smallest absolute Gasteiger partial charge is 0.346 e. The minimum absolute atomic E-state index is 0.0424. The molecule has 192 valence electrons. The molecule has 40 heavy (non-hydrogen) atoms. The predicted molar refractivity (Wildman–Crippen MR) is 158 cm³/mol. The number of anilines is 3. The number of hydrogen-bond acceptors (Lipinski definition) is 4. The number of aliphatic carboxylic acids is 1. The quantitative estimate of drug-likeness (QED) is 0.133. The first-order valence-corrected chi connectivity index (χ1v) is 13.1. The van der Waals surface area contributed by atoms with E-state index in [1.807, 2.05) is 72.8 Å². The van der Waals surface area contributed by atoms with Gasteiger partial charge in [0.1, 0.15) is 17.5 Å². The van der Waals surface area contributed by atoms with Crippen LogP contribution in [-0.2, 0) is 4.79 Å². The molecule has 0 aliphatic carbocycles. The number of rotatable bonds is 6. The number of carboxylic acid groups (broad SMARTS) is 1. The van der Waals surface area contributed by atoms with E-state index >= 15 is 0 Å². The van der Waals surface area contributed by atoms with Crippen LogP contribution in [0, 0.1) is 29.0 Å². The highest BCUT2D eigenvalue weighted by Crippen LogP contribution is 2.34. The van der Waals surface area contributed by atoms with Crippen LogP contribution in [0.3, 0.4) is 0 Å². The summed E-state index contributed by atoms with van der Waals surface area (Å²) in [5.41, 5.74) is 4.17. The summed E-state index contributed by atoms with van der Waals surface area (Å²) < 4.78 is 14.6. The van der Waals surface area contributed by atoms with Crippen LogP contribution < -0.4 is 4.90 Å². The zero-order chi connectivity index (χ0) is 27.9. The Morgan fingerprint density at radius 1 is 0.800 bits per heavy atom. The lowest BCUT2D eigenvalue weighted by atomic mass is 10.1. The molecule has 0 atom stereocenters. The van der Waals surface area contributed by atoms with Crippen LogP contribution in [0.2, 0.25) is 0 Å². The van der Waals surface area contributed by atoms with Crippen LogP contribution in [0.5, 0.6) is 0 Å². The summed E-state index contributed by atoms with van der Waals surface area (Å²) in [5, 5.41) is 17.9. The van der Waals surface area contributed by atoms with E-state index in [2.05, 4.69) is 41.0 Å². The molecule has 0 bridgehead atoms. The van der Waals surface area contributed by atoms with E-state index in [-0.39, 0.29) is 5.56 Å². The van der Waals surface area contributed by atoms with Crippen molar-refractivity contribution in [3.63, 3.8) is 0 Å². The number of nitrogens with zero attached hydrogens (tertiary/aromatic N) is 2. The average Bonchev–Trinajstić information content (AvgIpc) is 3.46. The first-order valence-electron chi connectivity index (χ1n) is 12.3. The third-order valence-corrected chi connectivity index (χ3v) is 7.08. The summed E-state index contributed by atoms with van der Waals surface area (Å²) in [6, 6.07) is 38.2. The Balaban J connectivity index is 1.35. The lowest BCUT2D eigenvalue weighted by molar-refractivity contribution is -0.132. The molecule has 6 heteroatoms. The third-order valence-electron chi connectivity index (χ3n) is 6.03.